The molecule has 32 heavy (non-hydrogen) atoms. The number of benzene rings is 2. The Morgan fingerprint density at radius 2 is 1.78 bits per heavy atom. The number of ether oxygens (including phenoxy) is 1. The van der Waals surface area contributed by atoms with Gasteiger partial charge in [-0.1, -0.05) is 23.9 Å². The number of thioether (sulfide) groups is 2. The van der Waals surface area contributed by atoms with E-state index < -0.39 is 6.61 Å². The molecule has 0 bridgehead atoms. The number of nitrogens with zero attached hydrogens (tertiary/aromatic N) is 2. The Bertz CT molecular complexity index is 1170. The number of aromatic nitrogens is 3. The Labute approximate surface area is 191 Å². The van der Waals surface area contributed by atoms with Gasteiger partial charge in [-0.15, -0.1) is 16.6 Å². The van der Waals surface area contributed by atoms with Crippen molar-refractivity contribution in [3.05, 3.63) is 72.1 Å². The molecule has 0 amide bonds. The molecule has 0 spiro atoms. The van der Waals surface area contributed by atoms with Gasteiger partial charge in [-0.25, -0.2) is 4.98 Å². The summed E-state index contributed by atoms with van der Waals surface area (Å²) in [5, 5.41) is 0.699. The van der Waals surface area contributed by atoms with E-state index in [2.05, 4.69) is 42.9 Å². The molecule has 0 aliphatic heterocycles. The first-order chi connectivity index (χ1) is 15.6. The smallest absolute Gasteiger partial charge is 0.381 e. The third-order valence-corrected chi connectivity index (χ3v) is 6.33. The van der Waals surface area contributed by atoms with Crippen LogP contribution in [0.5, 0.6) is 11.5 Å². The average Bonchev–Trinajstić information content (AvgIpc) is 3.23. The van der Waals surface area contributed by atoms with Crippen LogP contribution >= 0.6 is 23.5 Å². The van der Waals surface area contributed by atoms with Crippen LogP contribution in [0.3, 0.4) is 0 Å². The molecular weight excluding hydrogens is 456 g/mol. The topological polar surface area (TPSA) is 69.3 Å². The van der Waals surface area contributed by atoms with Crippen LogP contribution in [0.15, 0.2) is 70.8 Å². The van der Waals surface area contributed by atoms with Crippen LogP contribution in [-0.2, 0) is 16.4 Å². The van der Waals surface area contributed by atoms with Gasteiger partial charge < -0.3 is 14.6 Å². The summed E-state index contributed by atoms with van der Waals surface area (Å²) >= 11 is 3.25. The Balaban J connectivity index is 1.34. The summed E-state index contributed by atoms with van der Waals surface area (Å²) in [6, 6.07) is 16.8. The third kappa shape index (κ3) is 6.12. The molecule has 1 N–H and O–H groups in total. The second kappa shape index (κ2) is 10.7. The second-order valence-electron chi connectivity index (χ2n) is 6.57. The molecule has 2 aromatic heterocycles. The normalized spacial score (nSPS) is 11.2. The Morgan fingerprint density at radius 1 is 0.969 bits per heavy atom. The maximum atomic E-state index is 12.1. The lowest BCUT2D eigenvalue weighted by atomic mass is 10.2. The highest BCUT2D eigenvalue weighted by atomic mass is 32.2. The van der Waals surface area contributed by atoms with Gasteiger partial charge in [0.1, 0.15) is 5.75 Å². The quantitative estimate of drug-likeness (QED) is 0.169. The van der Waals surface area contributed by atoms with Crippen molar-refractivity contribution < 1.29 is 23.3 Å². The maximum absolute atomic E-state index is 12.1. The first kappa shape index (κ1) is 22.4. The highest BCUT2D eigenvalue weighted by Gasteiger charge is 2.09. The van der Waals surface area contributed by atoms with E-state index in [0.29, 0.717) is 21.9 Å². The molecular formula is C22H19F2N3O3S2. The van der Waals surface area contributed by atoms with Crippen LogP contribution < -0.4 is 9.62 Å². The zero-order valence-electron chi connectivity index (χ0n) is 17.0. The molecule has 10 heteroatoms. The lowest BCUT2D eigenvalue weighted by Crippen LogP contribution is -2.02. The van der Waals surface area contributed by atoms with E-state index in [4.69, 9.17) is 4.74 Å². The van der Waals surface area contributed by atoms with Crippen LogP contribution in [0, 0.1) is 0 Å². The minimum absolute atomic E-state index is 0.168. The largest absolute Gasteiger partial charge is 0.497 e. The number of hydrogen-bond acceptors (Lipinski definition) is 7. The molecule has 2 heterocycles. The van der Waals surface area contributed by atoms with Gasteiger partial charge in [0.05, 0.1) is 23.8 Å². The minimum Gasteiger partial charge on any atom is -0.497 e. The van der Waals surface area contributed by atoms with Gasteiger partial charge in [-0.05, 0) is 42.0 Å². The van der Waals surface area contributed by atoms with E-state index in [0.717, 1.165) is 22.1 Å². The summed E-state index contributed by atoms with van der Waals surface area (Å²) in [4.78, 5) is 21.7. The number of rotatable bonds is 10. The number of imidazole rings is 1. The molecule has 2 aromatic carbocycles. The Hall–Kier alpha value is -2.82. The number of pyridine rings is 1. The number of nitrogens with one attached hydrogen (secondary N) is 1. The molecule has 0 radical (unpaired) electrons. The van der Waals surface area contributed by atoms with Gasteiger partial charge in [0.25, 0.3) is 0 Å². The molecule has 0 atom stereocenters. The molecule has 6 nitrogen and oxygen atoms in total. The fourth-order valence-electron chi connectivity index (χ4n) is 2.83. The molecule has 4 rings (SSSR count). The van der Waals surface area contributed by atoms with Gasteiger partial charge in [-0.2, -0.15) is 8.78 Å². The molecule has 0 saturated carbocycles. The van der Waals surface area contributed by atoms with Crippen LogP contribution in [0.25, 0.3) is 11.0 Å². The highest BCUT2D eigenvalue weighted by Crippen LogP contribution is 2.28. The molecule has 0 unspecified atom stereocenters. The molecule has 0 aliphatic rings. The molecule has 166 valence electrons. The number of halogens is 2. The number of alkyl halides is 2. The van der Waals surface area contributed by atoms with Crippen LogP contribution in [-0.4, -0.2) is 28.7 Å². The van der Waals surface area contributed by atoms with Crippen molar-refractivity contribution in [1.82, 2.24) is 15.0 Å². The lowest BCUT2D eigenvalue weighted by Gasteiger charge is -2.05. The zero-order valence-corrected chi connectivity index (χ0v) is 18.6. The van der Waals surface area contributed by atoms with Crippen molar-refractivity contribution in [2.45, 2.75) is 28.2 Å². The van der Waals surface area contributed by atoms with Crippen molar-refractivity contribution in [2.75, 3.05) is 7.11 Å². The summed E-state index contributed by atoms with van der Waals surface area (Å²) in [6.07, 6.45) is 1.80. The van der Waals surface area contributed by atoms with Crippen molar-refractivity contribution in [3.8, 4) is 11.5 Å². The van der Waals surface area contributed by atoms with Gasteiger partial charge >= 0.3 is 6.61 Å². The van der Waals surface area contributed by atoms with E-state index in [-0.39, 0.29) is 5.75 Å². The van der Waals surface area contributed by atoms with E-state index >= 15 is 0 Å². The number of aromatic amines is 1. The summed E-state index contributed by atoms with van der Waals surface area (Å²) < 4.78 is 29.4. The SMILES string of the molecule is COc1ccc(CSc2ccnc(CSc3nc4ccc(OOC(F)F)cc4[nH]3)c2)cc1. The van der Waals surface area contributed by atoms with E-state index in [1.807, 2.05) is 18.2 Å². The van der Waals surface area contributed by atoms with Crippen molar-refractivity contribution >= 4 is 34.6 Å². The predicted molar refractivity (Wildman–Crippen MR) is 120 cm³/mol. The first-order valence-electron chi connectivity index (χ1n) is 9.54. The Kier molecular flexibility index (Phi) is 7.46. The van der Waals surface area contributed by atoms with E-state index in [1.165, 1.54) is 23.4 Å². The van der Waals surface area contributed by atoms with E-state index in [9.17, 15) is 8.78 Å². The molecule has 0 fully saturated rings. The number of fused-ring (bicyclic) bond motifs is 1. The van der Waals surface area contributed by atoms with Crippen molar-refractivity contribution in [1.29, 1.82) is 0 Å². The maximum Gasteiger partial charge on any atom is 0.381 e. The van der Waals surface area contributed by atoms with E-state index in [1.54, 1.807) is 37.2 Å². The predicted octanol–water partition coefficient (Wildman–Crippen LogP) is 6.08. The van der Waals surface area contributed by atoms with Gasteiger partial charge in [-0.3, -0.25) is 4.98 Å². The monoisotopic (exact) mass is 475 g/mol. The zero-order chi connectivity index (χ0) is 22.3. The van der Waals surface area contributed by atoms with Gasteiger partial charge in [0, 0.05) is 28.7 Å². The average molecular weight is 476 g/mol. The highest BCUT2D eigenvalue weighted by molar-refractivity contribution is 7.98. The fourth-order valence-corrected chi connectivity index (χ4v) is 4.52. The van der Waals surface area contributed by atoms with Gasteiger partial charge in [0.2, 0.25) is 0 Å². The van der Waals surface area contributed by atoms with Crippen molar-refractivity contribution in [3.63, 3.8) is 0 Å². The lowest BCUT2D eigenvalue weighted by molar-refractivity contribution is -0.323. The van der Waals surface area contributed by atoms with Crippen LogP contribution in [0.1, 0.15) is 11.3 Å². The summed E-state index contributed by atoms with van der Waals surface area (Å²) in [5.41, 5.74) is 3.52. The summed E-state index contributed by atoms with van der Waals surface area (Å²) in [5.74, 6) is 2.50. The second-order valence-corrected chi connectivity index (χ2v) is 8.58. The summed E-state index contributed by atoms with van der Waals surface area (Å²) in [6.45, 7) is -3.00. The first-order valence-corrected chi connectivity index (χ1v) is 11.5. The summed E-state index contributed by atoms with van der Waals surface area (Å²) in [7, 11) is 1.66. The molecule has 0 aliphatic carbocycles. The number of methoxy groups -OCH3 is 1. The third-order valence-electron chi connectivity index (χ3n) is 4.36. The standard InChI is InChI=1S/C22H19F2N3O3S2/c1-28-16-4-2-14(3-5-16)12-31-18-8-9-25-15(10-18)13-32-22-26-19-7-6-17(11-20(19)27-22)29-30-21(23)24/h2-11,21H,12-13H2,1H3,(H,26,27). The number of hydrogen-bond donors (Lipinski definition) is 1. The van der Waals surface area contributed by atoms with Crippen LogP contribution in [0.4, 0.5) is 8.78 Å². The van der Waals surface area contributed by atoms with Crippen molar-refractivity contribution in [2.24, 2.45) is 0 Å². The fraction of sp³-hybridized carbons (Fsp3) is 0.182. The molecule has 4 aromatic rings. The molecule has 0 saturated heterocycles. The van der Waals surface area contributed by atoms with Gasteiger partial charge in [0.15, 0.2) is 10.9 Å². The minimum atomic E-state index is -3.00. The Morgan fingerprint density at radius 3 is 2.56 bits per heavy atom. The number of H-pyrrole nitrogens is 1. The van der Waals surface area contributed by atoms with Crippen LogP contribution in [0.2, 0.25) is 0 Å².